The highest BCUT2D eigenvalue weighted by atomic mass is 35.5. The van der Waals surface area contributed by atoms with Gasteiger partial charge in [0.05, 0.1) is 10.7 Å². The number of benzene rings is 2. The minimum absolute atomic E-state index is 0.123. The van der Waals surface area contributed by atoms with Crippen LogP contribution in [-0.4, -0.2) is 17.6 Å². The summed E-state index contributed by atoms with van der Waals surface area (Å²) in [6, 6.07) is 9.36. The quantitative estimate of drug-likeness (QED) is 0.147. The highest BCUT2D eigenvalue weighted by Gasteiger charge is 2.15. The van der Waals surface area contributed by atoms with Crippen molar-refractivity contribution in [2.75, 3.05) is 11.9 Å². The molecule has 0 aliphatic rings. The Hall–Kier alpha value is -1.91. The summed E-state index contributed by atoms with van der Waals surface area (Å²) in [5.74, 6) is 0.0187. The van der Waals surface area contributed by atoms with Crippen LogP contribution in [0.1, 0.15) is 102 Å². The fraction of sp³-hybridized carbons (Fsp3) is 0.567. The van der Waals surface area contributed by atoms with Crippen LogP contribution in [0.5, 0.6) is 11.5 Å². The van der Waals surface area contributed by atoms with Gasteiger partial charge in [0, 0.05) is 5.02 Å². The lowest BCUT2D eigenvalue weighted by Gasteiger charge is -2.12. The molecule has 0 bridgehead atoms. The molecule has 0 spiro atoms. The summed E-state index contributed by atoms with van der Waals surface area (Å²) in [4.78, 5) is 12.2. The van der Waals surface area contributed by atoms with Gasteiger partial charge in [0.25, 0.3) is 5.91 Å². The number of rotatable bonds is 18. The second-order valence-electron chi connectivity index (χ2n) is 9.67. The van der Waals surface area contributed by atoms with E-state index in [1.807, 2.05) is 12.1 Å². The molecule has 2 N–H and O–H groups in total. The number of nitrogens with one attached hydrogen (secondary N) is 1. The number of hydrogen-bond acceptors (Lipinski definition) is 3. The van der Waals surface area contributed by atoms with Crippen molar-refractivity contribution in [2.24, 2.45) is 0 Å². The van der Waals surface area contributed by atoms with Gasteiger partial charge in [-0.3, -0.25) is 4.79 Å². The molecule has 0 fully saturated rings. The number of unbranched alkanes of at least 4 members (excludes halogenated alkanes) is 12. The lowest BCUT2D eigenvalue weighted by Crippen LogP contribution is -2.20. The van der Waals surface area contributed by atoms with Crippen LogP contribution in [0.2, 0.25) is 10.0 Å². The Morgan fingerprint density at radius 3 is 1.94 bits per heavy atom. The number of ether oxygens (including phenoxy) is 1. The summed E-state index contributed by atoms with van der Waals surface area (Å²) in [7, 11) is 0. The monoisotopic (exact) mass is 535 g/mol. The topological polar surface area (TPSA) is 58.6 Å². The molecular formula is C30H43Cl2NO3. The molecule has 0 aliphatic heterocycles. The van der Waals surface area contributed by atoms with Crippen LogP contribution in [0.15, 0.2) is 30.3 Å². The third kappa shape index (κ3) is 11.4. The van der Waals surface area contributed by atoms with Gasteiger partial charge in [-0.05, 0) is 49.1 Å². The molecule has 0 unspecified atom stereocenters. The molecule has 2 rings (SSSR count). The summed E-state index contributed by atoms with van der Waals surface area (Å²) in [5, 5.41) is 13.2. The van der Waals surface area contributed by atoms with E-state index in [2.05, 4.69) is 24.4 Å². The van der Waals surface area contributed by atoms with Crippen molar-refractivity contribution in [3.63, 3.8) is 0 Å². The third-order valence-electron chi connectivity index (χ3n) is 6.56. The molecule has 0 aromatic heterocycles. The Bertz CT molecular complexity index is 915. The Kier molecular flexibility index (Phi) is 14.8. The zero-order valence-corrected chi connectivity index (χ0v) is 23.5. The van der Waals surface area contributed by atoms with Crippen molar-refractivity contribution >= 4 is 34.8 Å². The van der Waals surface area contributed by atoms with Gasteiger partial charge < -0.3 is 15.2 Å². The molecule has 0 saturated heterocycles. The Morgan fingerprint density at radius 1 is 0.861 bits per heavy atom. The lowest BCUT2D eigenvalue weighted by atomic mass is 10.0. The van der Waals surface area contributed by atoms with Gasteiger partial charge in [-0.1, -0.05) is 119 Å². The number of carbonyl (C=O) groups excluding carboxylic acids is 1. The van der Waals surface area contributed by atoms with E-state index in [9.17, 15) is 9.90 Å². The Balaban J connectivity index is 1.55. The fourth-order valence-corrected chi connectivity index (χ4v) is 4.69. The maximum Gasteiger partial charge on any atom is 0.262 e. The lowest BCUT2D eigenvalue weighted by molar-refractivity contribution is -0.118. The van der Waals surface area contributed by atoms with E-state index in [1.165, 1.54) is 95.1 Å². The van der Waals surface area contributed by atoms with E-state index < -0.39 is 5.91 Å². The molecule has 2 aromatic carbocycles. The first-order valence-electron chi connectivity index (χ1n) is 13.6. The predicted octanol–water partition coefficient (Wildman–Crippen LogP) is 9.66. The molecule has 6 heteroatoms. The molecule has 0 saturated carbocycles. The van der Waals surface area contributed by atoms with Gasteiger partial charge >= 0.3 is 0 Å². The second kappa shape index (κ2) is 17.5. The van der Waals surface area contributed by atoms with E-state index in [4.69, 9.17) is 27.9 Å². The van der Waals surface area contributed by atoms with Gasteiger partial charge in [0.1, 0.15) is 5.75 Å². The normalized spacial score (nSPS) is 11.0. The molecule has 0 heterocycles. The van der Waals surface area contributed by atoms with Crippen LogP contribution in [0, 0.1) is 6.92 Å². The van der Waals surface area contributed by atoms with Crippen LogP contribution in [-0.2, 0) is 11.2 Å². The van der Waals surface area contributed by atoms with E-state index in [-0.39, 0.29) is 23.1 Å². The van der Waals surface area contributed by atoms with Crippen molar-refractivity contribution in [3.05, 3.63) is 51.5 Å². The van der Waals surface area contributed by atoms with E-state index >= 15 is 0 Å². The van der Waals surface area contributed by atoms with E-state index in [0.717, 1.165) is 6.42 Å². The minimum Gasteiger partial charge on any atom is -0.504 e. The zero-order valence-electron chi connectivity index (χ0n) is 22.0. The molecule has 4 nitrogen and oxygen atoms in total. The number of halogens is 2. The van der Waals surface area contributed by atoms with Gasteiger partial charge in [-0.15, -0.1) is 0 Å². The molecule has 0 radical (unpaired) electrons. The average Bonchev–Trinajstić information content (AvgIpc) is 2.88. The van der Waals surface area contributed by atoms with Crippen LogP contribution in [0.4, 0.5) is 5.69 Å². The van der Waals surface area contributed by atoms with Crippen molar-refractivity contribution in [1.29, 1.82) is 0 Å². The van der Waals surface area contributed by atoms with Crippen LogP contribution >= 0.6 is 23.2 Å². The Morgan fingerprint density at radius 2 is 1.39 bits per heavy atom. The van der Waals surface area contributed by atoms with Gasteiger partial charge in [0.15, 0.2) is 12.4 Å². The standard InChI is InChI=1S/C30H43Cl2NO3/c1-3-4-5-6-7-8-9-10-11-12-13-14-15-16-24-17-19-25(20-18-24)36-22-28(34)33-27-21-26(31)23(2)29(32)30(27)35/h17-21,35H,3-16,22H2,1-2H3,(H,33,34). The third-order valence-corrected chi connectivity index (χ3v) is 7.41. The van der Waals surface area contributed by atoms with Crippen LogP contribution < -0.4 is 10.1 Å². The molecule has 2 aromatic rings. The van der Waals surface area contributed by atoms with Crippen molar-refractivity contribution < 1.29 is 14.6 Å². The van der Waals surface area contributed by atoms with Crippen molar-refractivity contribution in [2.45, 2.75) is 104 Å². The van der Waals surface area contributed by atoms with Crippen LogP contribution in [0.3, 0.4) is 0 Å². The number of hydrogen-bond donors (Lipinski definition) is 2. The summed E-state index contributed by atoms with van der Waals surface area (Å²) in [5.41, 5.74) is 2.00. The molecule has 0 aliphatic carbocycles. The maximum atomic E-state index is 12.2. The fourth-order valence-electron chi connectivity index (χ4n) is 4.23. The number of anilines is 1. The number of phenols is 1. The number of aromatic hydroxyl groups is 1. The van der Waals surface area contributed by atoms with E-state index in [1.54, 1.807) is 6.92 Å². The van der Waals surface area contributed by atoms with Gasteiger partial charge in [0.2, 0.25) is 0 Å². The summed E-state index contributed by atoms with van der Waals surface area (Å²) < 4.78 is 5.58. The van der Waals surface area contributed by atoms with Crippen molar-refractivity contribution in [1.82, 2.24) is 0 Å². The van der Waals surface area contributed by atoms with Gasteiger partial charge in [-0.2, -0.15) is 0 Å². The highest BCUT2D eigenvalue weighted by molar-refractivity contribution is 6.37. The summed E-state index contributed by atoms with van der Waals surface area (Å²) in [6.45, 7) is 3.79. The van der Waals surface area contributed by atoms with Crippen LogP contribution in [0.25, 0.3) is 0 Å². The summed E-state index contributed by atoms with van der Waals surface area (Å²) >= 11 is 12.1. The molecule has 36 heavy (non-hydrogen) atoms. The number of phenolic OH excluding ortho intramolecular Hbond substituents is 1. The maximum absolute atomic E-state index is 12.2. The first-order valence-corrected chi connectivity index (χ1v) is 14.4. The van der Waals surface area contributed by atoms with Gasteiger partial charge in [-0.25, -0.2) is 0 Å². The first kappa shape index (κ1) is 30.3. The smallest absolute Gasteiger partial charge is 0.262 e. The number of carbonyl (C=O) groups is 1. The predicted molar refractivity (Wildman–Crippen MR) is 153 cm³/mol. The summed E-state index contributed by atoms with van der Waals surface area (Å²) in [6.07, 6.45) is 18.8. The first-order chi connectivity index (χ1) is 17.4. The zero-order chi connectivity index (χ0) is 26.2. The highest BCUT2D eigenvalue weighted by Crippen LogP contribution is 2.38. The minimum atomic E-state index is -0.405. The molecule has 0 atom stereocenters. The van der Waals surface area contributed by atoms with E-state index in [0.29, 0.717) is 16.3 Å². The molecular weight excluding hydrogens is 493 g/mol. The molecule has 1 amide bonds. The molecule has 200 valence electrons. The SMILES string of the molecule is CCCCCCCCCCCCCCCc1ccc(OCC(=O)Nc2cc(Cl)c(C)c(Cl)c2O)cc1. The number of amides is 1. The Labute approximate surface area is 227 Å². The number of aryl methyl sites for hydroxylation is 1. The average molecular weight is 537 g/mol. The second-order valence-corrected chi connectivity index (χ2v) is 10.5. The largest absolute Gasteiger partial charge is 0.504 e. The van der Waals surface area contributed by atoms with Crippen molar-refractivity contribution in [3.8, 4) is 11.5 Å².